The van der Waals surface area contributed by atoms with Gasteiger partial charge >= 0.3 is 13.3 Å². The average Bonchev–Trinajstić information content (AvgIpc) is 3.21. The number of halogens is 3. The van der Waals surface area contributed by atoms with Crippen molar-refractivity contribution >= 4 is 7.60 Å². The first kappa shape index (κ1) is 16.5. The van der Waals surface area contributed by atoms with Gasteiger partial charge in [0.15, 0.2) is 0 Å². The van der Waals surface area contributed by atoms with Crippen molar-refractivity contribution in [1.82, 2.24) is 0 Å². The average molecular weight is 322 g/mol. The molecule has 1 aliphatic rings. The second-order valence-corrected chi connectivity index (χ2v) is 7.03. The van der Waals surface area contributed by atoms with Crippen molar-refractivity contribution in [3.8, 4) is 0 Å². The van der Waals surface area contributed by atoms with Gasteiger partial charge in [0, 0.05) is 5.92 Å². The fourth-order valence-corrected chi connectivity index (χ4v) is 4.20. The van der Waals surface area contributed by atoms with E-state index in [2.05, 4.69) is 0 Å². The fraction of sp³-hybridized carbons (Fsp3) is 0.571. The largest absolute Gasteiger partial charge is 0.399 e. The van der Waals surface area contributed by atoms with Crippen LogP contribution < -0.4 is 0 Å². The van der Waals surface area contributed by atoms with Gasteiger partial charge in [0.2, 0.25) is 0 Å². The van der Waals surface area contributed by atoms with E-state index in [-0.39, 0.29) is 19.6 Å². The highest BCUT2D eigenvalue weighted by Crippen LogP contribution is 2.72. The molecule has 0 spiro atoms. The molecule has 0 aromatic heterocycles. The molecule has 0 unspecified atom stereocenters. The molecule has 7 heteroatoms. The minimum atomic E-state index is -4.49. The third-order valence-electron chi connectivity index (χ3n) is 3.50. The first-order valence-electron chi connectivity index (χ1n) is 6.88. The molecule has 0 aliphatic heterocycles. The summed E-state index contributed by atoms with van der Waals surface area (Å²) in [5.41, 5.74) is -2.93. The van der Waals surface area contributed by atoms with Crippen LogP contribution in [0, 0.1) is 11.7 Å². The topological polar surface area (TPSA) is 35.5 Å². The Morgan fingerprint density at radius 2 is 1.71 bits per heavy atom. The zero-order valence-corrected chi connectivity index (χ0v) is 12.8. The molecule has 1 aromatic rings. The van der Waals surface area contributed by atoms with Gasteiger partial charge in [-0.3, -0.25) is 4.57 Å². The van der Waals surface area contributed by atoms with Crippen molar-refractivity contribution in [3.05, 3.63) is 35.6 Å². The summed E-state index contributed by atoms with van der Waals surface area (Å²) in [5.74, 6) is -1.97. The highest BCUT2D eigenvalue weighted by Gasteiger charge is 2.66. The van der Waals surface area contributed by atoms with Crippen LogP contribution in [0.4, 0.5) is 13.2 Å². The number of hydrogen-bond donors (Lipinski definition) is 0. The van der Waals surface area contributed by atoms with E-state index in [0.29, 0.717) is 5.56 Å². The molecule has 0 amide bonds. The van der Waals surface area contributed by atoms with Crippen LogP contribution in [0.15, 0.2) is 24.3 Å². The zero-order valence-electron chi connectivity index (χ0n) is 11.9. The number of rotatable bonds is 7. The van der Waals surface area contributed by atoms with Crippen LogP contribution in [0.3, 0.4) is 0 Å². The second-order valence-electron chi connectivity index (χ2n) is 4.92. The zero-order chi connectivity index (χ0) is 15.7. The van der Waals surface area contributed by atoms with E-state index in [1.807, 2.05) is 0 Å². The Kier molecular flexibility index (Phi) is 4.81. The van der Waals surface area contributed by atoms with E-state index >= 15 is 0 Å². The van der Waals surface area contributed by atoms with Gasteiger partial charge in [-0.2, -0.15) is 8.78 Å². The smallest absolute Gasteiger partial charge is 0.305 e. The quantitative estimate of drug-likeness (QED) is 0.677. The molecule has 1 fully saturated rings. The molecule has 118 valence electrons. The Balaban J connectivity index is 2.17. The predicted molar refractivity (Wildman–Crippen MR) is 73.1 cm³/mol. The van der Waals surface area contributed by atoms with Gasteiger partial charge < -0.3 is 9.05 Å². The Labute approximate surface area is 122 Å². The maximum Gasteiger partial charge on any atom is 0.399 e. The van der Waals surface area contributed by atoms with Crippen LogP contribution in [-0.4, -0.2) is 18.9 Å². The van der Waals surface area contributed by atoms with Gasteiger partial charge in [-0.05, 0) is 43.9 Å². The van der Waals surface area contributed by atoms with Gasteiger partial charge in [0.25, 0.3) is 0 Å². The molecule has 0 bridgehead atoms. The summed E-state index contributed by atoms with van der Waals surface area (Å²) in [4.78, 5) is 0. The van der Waals surface area contributed by atoms with Crippen LogP contribution in [-0.2, 0) is 13.6 Å². The van der Waals surface area contributed by atoms with Crippen molar-refractivity contribution < 1.29 is 26.8 Å². The molecule has 1 aliphatic carbocycles. The first-order valence-corrected chi connectivity index (χ1v) is 8.42. The van der Waals surface area contributed by atoms with Gasteiger partial charge in [0.1, 0.15) is 5.82 Å². The van der Waals surface area contributed by atoms with Crippen molar-refractivity contribution in [2.75, 3.05) is 13.2 Å². The minimum Gasteiger partial charge on any atom is -0.305 e. The molecule has 3 nitrogen and oxygen atoms in total. The summed E-state index contributed by atoms with van der Waals surface area (Å²) in [5, 5.41) is 0. The summed E-state index contributed by atoms with van der Waals surface area (Å²) in [6, 6.07) is 5.41. The standard InChI is InChI=1S/C14H18F3O3P/c1-3-19-21(18,20-4-2)14(16,17)13-9-12(13)10-5-7-11(15)8-6-10/h5-8,12-13H,3-4,9H2,1-2H3/t12-,13+/m1/s1. The van der Waals surface area contributed by atoms with E-state index in [9.17, 15) is 17.7 Å². The van der Waals surface area contributed by atoms with Crippen LogP contribution in [0.25, 0.3) is 0 Å². The molecular formula is C14H18F3O3P. The molecule has 0 heterocycles. The normalized spacial score (nSPS) is 22.3. The third kappa shape index (κ3) is 3.17. The van der Waals surface area contributed by atoms with Crippen molar-refractivity contribution in [2.45, 2.75) is 31.8 Å². The summed E-state index contributed by atoms with van der Waals surface area (Å²) in [7, 11) is -4.49. The lowest BCUT2D eigenvalue weighted by Crippen LogP contribution is -2.23. The molecule has 2 atom stereocenters. The summed E-state index contributed by atoms with van der Waals surface area (Å²) in [6.07, 6.45) is 0.183. The Morgan fingerprint density at radius 1 is 1.19 bits per heavy atom. The van der Waals surface area contributed by atoms with E-state index in [4.69, 9.17) is 9.05 Å². The summed E-state index contributed by atoms with van der Waals surface area (Å²) >= 11 is 0. The molecule has 1 saturated carbocycles. The summed E-state index contributed by atoms with van der Waals surface area (Å²) in [6.45, 7) is 2.76. The van der Waals surface area contributed by atoms with E-state index in [1.54, 1.807) is 0 Å². The van der Waals surface area contributed by atoms with Crippen LogP contribution in [0.5, 0.6) is 0 Å². The lowest BCUT2D eigenvalue weighted by Gasteiger charge is -2.26. The highest BCUT2D eigenvalue weighted by atomic mass is 31.2. The number of alkyl halides is 2. The monoisotopic (exact) mass is 322 g/mol. The Hall–Kier alpha value is -0.840. The molecule has 0 N–H and O–H groups in total. The summed E-state index contributed by atoms with van der Waals surface area (Å²) < 4.78 is 63.6. The highest BCUT2D eigenvalue weighted by molar-refractivity contribution is 7.55. The van der Waals surface area contributed by atoms with Gasteiger partial charge in [-0.25, -0.2) is 4.39 Å². The van der Waals surface area contributed by atoms with E-state index < -0.39 is 30.9 Å². The van der Waals surface area contributed by atoms with Gasteiger partial charge in [0.05, 0.1) is 13.2 Å². The molecule has 2 rings (SSSR count). The van der Waals surface area contributed by atoms with E-state index in [1.165, 1.54) is 38.1 Å². The van der Waals surface area contributed by atoms with Gasteiger partial charge in [-0.1, -0.05) is 12.1 Å². The fourth-order valence-electron chi connectivity index (χ4n) is 2.41. The lowest BCUT2D eigenvalue weighted by molar-refractivity contribution is 0.0181. The maximum absolute atomic E-state index is 14.5. The molecule has 21 heavy (non-hydrogen) atoms. The minimum absolute atomic E-state index is 0.110. The number of benzene rings is 1. The SMILES string of the molecule is CCOP(=O)(OCC)C(F)(F)[C@H]1C[C@@H]1c1ccc(F)cc1. The molecular weight excluding hydrogens is 304 g/mol. The lowest BCUT2D eigenvalue weighted by atomic mass is 10.1. The first-order chi connectivity index (χ1) is 9.85. The van der Waals surface area contributed by atoms with Crippen molar-refractivity contribution in [2.24, 2.45) is 5.92 Å². The van der Waals surface area contributed by atoms with Crippen LogP contribution >= 0.6 is 7.60 Å². The maximum atomic E-state index is 14.5. The van der Waals surface area contributed by atoms with Crippen LogP contribution in [0.1, 0.15) is 31.7 Å². The molecule has 0 saturated heterocycles. The van der Waals surface area contributed by atoms with Gasteiger partial charge in [-0.15, -0.1) is 0 Å². The second kappa shape index (κ2) is 6.11. The molecule has 1 aromatic carbocycles. The van der Waals surface area contributed by atoms with Crippen LogP contribution in [0.2, 0.25) is 0 Å². The van der Waals surface area contributed by atoms with E-state index in [0.717, 1.165) is 0 Å². The Morgan fingerprint density at radius 3 is 2.19 bits per heavy atom. The van der Waals surface area contributed by atoms with Crippen molar-refractivity contribution in [3.63, 3.8) is 0 Å². The van der Waals surface area contributed by atoms with Crippen molar-refractivity contribution in [1.29, 1.82) is 0 Å². The Bertz CT molecular complexity index is 523. The molecule has 0 radical (unpaired) electrons. The number of hydrogen-bond acceptors (Lipinski definition) is 3. The predicted octanol–water partition coefficient (Wildman–Crippen LogP) is 4.79. The third-order valence-corrected chi connectivity index (χ3v) is 5.76.